The monoisotopic (exact) mass is 415 g/mol. The molecule has 4 rings (SSSR count). The maximum atomic E-state index is 12.6. The van der Waals surface area contributed by atoms with Gasteiger partial charge in [0.15, 0.2) is 0 Å². The highest BCUT2D eigenvalue weighted by Crippen LogP contribution is 2.28. The molecule has 0 spiro atoms. The lowest BCUT2D eigenvalue weighted by Gasteiger charge is -2.06. The summed E-state index contributed by atoms with van der Waals surface area (Å²) in [6.07, 6.45) is 0.292. The normalized spacial score (nSPS) is 10.7. The number of hydrogen-bond acceptors (Lipinski definition) is 4. The molecule has 1 aromatic heterocycles. The van der Waals surface area contributed by atoms with Gasteiger partial charge in [-0.15, -0.1) is 11.3 Å². The number of nitrogens with two attached hydrogens (primary N) is 1. The van der Waals surface area contributed by atoms with Crippen LogP contribution in [0.5, 0.6) is 0 Å². The van der Waals surface area contributed by atoms with Gasteiger partial charge in [0.1, 0.15) is 0 Å². The molecule has 0 aliphatic heterocycles. The minimum atomic E-state index is -0.198. The van der Waals surface area contributed by atoms with Crippen molar-refractivity contribution in [3.05, 3.63) is 94.9 Å². The highest BCUT2D eigenvalue weighted by atomic mass is 32.1. The highest BCUT2D eigenvalue weighted by Gasteiger charge is 2.13. The predicted octanol–water partition coefficient (Wildman–Crippen LogP) is 4.59. The molecule has 0 saturated heterocycles. The van der Waals surface area contributed by atoms with Crippen LogP contribution < -0.4 is 16.4 Å². The summed E-state index contributed by atoms with van der Waals surface area (Å²) in [5, 5.41) is 6.73. The van der Waals surface area contributed by atoms with Crippen LogP contribution in [-0.2, 0) is 17.8 Å². The molecule has 1 heterocycles. The third-order valence-electron chi connectivity index (χ3n) is 4.71. The van der Waals surface area contributed by atoms with Crippen LogP contribution in [0.3, 0.4) is 0 Å². The Morgan fingerprint density at radius 2 is 1.63 bits per heavy atom. The van der Waals surface area contributed by atoms with E-state index in [0.717, 1.165) is 21.2 Å². The predicted molar refractivity (Wildman–Crippen MR) is 123 cm³/mol. The fourth-order valence-corrected chi connectivity index (χ4v) is 4.09. The number of rotatable bonds is 6. The quantitative estimate of drug-likeness (QED) is 0.403. The number of carbonyl (C=O) groups excluding carboxylic acids is 2. The average molecular weight is 416 g/mol. The Labute approximate surface area is 178 Å². The molecular weight excluding hydrogens is 394 g/mol. The second-order valence-corrected chi connectivity index (χ2v) is 8.05. The molecule has 2 amide bonds. The van der Waals surface area contributed by atoms with Crippen molar-refractivity contribution in [2.75, 3.05) is 11.1 Å². The second kappa shape index (κ2) is 8.80. The topological polar surface area (TPSA) is 84.2 Å². The minimum absolute atomic E-state index is 0.0362. The van der Waals surface area contributed by atoms with Crippen molar-refractivity contribution < 1.29 is 9.59 Å². The van der Waals surface area contributed by atoms with Crippen molar-refractivity contribution in [1.82, 2.24) is 5.32 Å². The van der Waals surface area contributed by atoms with Gasteiger partial charge in [0.25, 0.3) is 5.91 Å². The fourth-order valence-electron chi connectivity index (χ4n) is 3.15. The van der Waals surface area contributed by atoms with E-state index in [2.05, 4.69) is 10.6 Å². The summed E-state index contributed by atoms with van der Waals surface area (Å²) in [7, 11) is 0. The maximum absolute atomic E-state index is 12.6. The third kappa shape index (κ3) is 4.67. The molecule has 3 aromatic carbocycles. The van der Waals surface area contributed by atoms with Gasteiger partial charge in [0.2, 0.25) is 5.91 Å². The largest absolute Gasteiger partial charge is 0.397 e. The first-order valence-electron chi connectivity index (χ1n) is 9.57. The van der Waals surface area contributed by atoms with Gasteiger partial charge in [-0.05, 0) is 46.8 Å². The number of carbonyl (C=O) groups is 2. The van der Waals surface area contributed by atoms with E-state index in [9.17, 15) is 9.59 Å². The van der Waals surface area contributed by atoms with Gasteiger partial charge in [-0.25, -0.2) is 0 Å². The minimum Gasteiger partial charge on any atom is -0.397 e. The summed E-state index contributed by atoms with van der Waals surface area (Å²) >= 11 is 1.41. The number of thiophene rings is 1. The zero-order chi connectivity index (χ0) is 20.9. The number of hydrogen-bond donors (Lipinski definition) is 3. The number of para-hydroxylation sites is 2. The molecular formula is C24H21N3O2S. The number of amides is 2. The molecule has 4 N–H and O–H groups in total. The van der Waals surface area contributed by atoms with E-state index < -0.39 is 0 Å². The van der Waals surface area contributed by atoms with Crippen LogP contribution in [0.1, 0.15) is 20.8 Å². The molecule has 0 aliphatic carbocycles. The summed E-state index contributed by atoms with van der Waals surface area (Å²) in [5.41, 5.74) is 8.99. The molecule has 0 aliphatic rings. The van der Waals surface area contributed by atoms with Crippen molar-refractivity contribution in [2.24, 2.45) is 0 Å². The highest BCUT2D eigenvalue weighted by molar-refractivity contribution is 7.20. The SMILES string of the molecule is Nc1ccccc1NC(=O)c1cc2cc(CC(=O)NCc3ccccc3)ccc2s1. The Morgan fingerprint density at radius 1 is 0.867 bits per heavy atom. The van der Waals surface area contributed by atoms with Crippen LogP contribution in [0.15, 0.2) is 78.9 Å². The zero-order valence-corrected chi connectivity index (χ0v) is 17.0. The van der Waals surface area contributed by atoms with Crippen molar-refractivity contribution in [3.8, 4) is 0 Å². The Balaban J connectivity index is 1.42. The van der Waals surface area contributed by atoms with E-state index in [1.807, 2.05) is 66.7 Å². The van der Waals surface area contributed by atoms with Gasteiger partial charge in [0.05, 0.1) is 22.7 Å². The number of nitrogens with one attached hydrogen (secondary N) is 2. The molecule has 30 heavy (non-hydrogen) atoms. The number of fused-ring (bicyclic) bond motifs is 1. The lowest BCUT2D eigenvalue weighted by Crippen LogP contribution is -2.24. The first kappa shape index (κ1) is 19.7. The van der Waals surface area contributed by atoms with Crippen LogP contribution in [0.25, 0.3) is 10.1 Å². The summed E-state index contributed by atoms with van der Waals surface area (Å²) in [6.45, 7) is 0.507. The van der Waals surface area contributed by atoms with E-state index in [1.165, 1.54) is 11.3 Å². The van der Waals surface area contributed by atoms with E-state index >= 15 is 0 Å². The average Bonchev–Trinajstić information content (AvgIpc) is 3.18. The van der Waals surface area contributed by atoms with Gasteiger partial charge >= 0.3 is 0 Å². The zero-order valence-electron chi connectivity index (χ0n) is 16.2. The molecule has 0 unspecified atom stereocenters. The number of nitrogen functional groups attached to an aromatic ring is 1. The van der Waals surface area contributed by atoms with Crippen LogP contribution in [0.4, 0.5) is 11.4 Å². The van der Waals surface area contributed by atoms with Gasteiger partial charge in [-0.3, -0.25) is 9.59 Å². The Kier molecular flexibility index (Phi) is 5.77. The molecule has 0 radical (unpaired) electrons. The van der Waals surface area contributed by atoms with Crippen LogP contribution in [-0.4, -0.2) is 11.8 Å². The Hall–Kier alpha value is -3.64. The molecule has 0 fully saturated rings. The van der Waals surface area contributed by atoms with E-state index in [1.54, 1.807) is 12.1 Å². The van der Waals surface area contributed by atoms with E-state index in [4.69, 9.17) is 5.73 Å². The molecule has 6 heteroatoms. The lowest BCUT2D eigenvalue weighted by molar-refractivity contribution is -0.120. The summed E-state index contributed by atoms with van der Waals surface area (Å²) in [6, 6.07) is 24.7. The summed E-state index contributed by atoms with van der Waals surface area (Å²) in [4.78, 5) is 25.5. The van der Waals surface area contributed by atoms with Gasteiger partial charge in [-0.2, -0.15) is 0 Å². The third-order valence-corrected chi connectivity index (χ3v) is 5.83. The van der Waals surface area contributed by atoms with Crippen molar-refractivity contribution in [1.29, 1.82) is 0 Å². The van der Waals surface area contributed by atoms with Crippen molar-refractivity contribution >= 4 is 44.6 Å². The van der Waals surface area contributed by atoms with Gasteiger partial charge in [0, 0.05) is 11.2 Å². The standard InChI is InChI=1S/C24H21N3O2S/c25-19-8-4-5-9-20(19)27-24(29)22-14-18-12-17(10-11-21(18)30-22)13-23(28)26-15-16-6-2-1-3-7-16/h1-12,14H,13,15,25H2,(H,26,28)(H,27,29). The van der Waals surface area contributed by atoms with E-state index in [0.29, 0.717) is 29.2 Å². The van der Waals surface area contributed by atoms with Crippen molar-refractivity contribution in [2.45, 2.75) is 13.0 Å². The molecule has 4 aromatic rings. The number of anilines is 2. The molecule has 0 bridgehead atoms. The summed E-state index contributed by atoms with van der Waals surface area (Å²) in [5.74, 6) is -0.234. The molecule has 150 valence electrons. The van der Waals surface area contributed by atoms with Crippen molar-refractivity contribution in [3.63, 3.8) is 0 Å². The number of benzene rings is 3. The lowest BCUT2D eigenvalue weighted by atomic mass is 10.1. The molecule has 0 atom stereocenters. The fraction of sp³-hybridized carbons (Fsp3) is 0.0833. The van der Waals surface area contributed by atoms with Crippen LogP contribution >= 0.6 is 11.3 Å². The maximum Gasteiger partial charge on any atom is 0.265 e. The first-order chi connectivity index (χ1) is 14.6. The molecule has 5 nitrogen and oxygen atoms in total. The smallest absolute Gasteiger partial charge is 0.265 e. The molecule has 0 saturated carbocycles. The van der Waals surface area contributed by atoms with E-state index in [-0.39, 0.29) is 11.8 Å². The van der Waals surface area contributed by atoms with Crippen LogP contribution in [0, 0.1) is 0 Å². The Bertz CT molecular complexity index is 1200. The van der Waals surface area contributed by atoms with Gasteiger partial charge < -0.3 is 16.4 Å². The van der Waals surface area contributed by atoms with Gasteiger partial charge in [-0.1, -0.05) is 48.5 Å². The van der Waals surface area contributed by atoms with Crippen LogP contribution in [0.2, 0.25) is 0 Å². The first-order valence-corrected chi connectivity index (χ1v) is 10.4. The Morgan fingerprint density at radius 3 is 2.43 bits per heavy atom. The summed E-state index contributed by atoms with van der Waals surface area (Å²) < 4.78 is 0.995. The second-order valence-electron chi connectivity index (χ2n) is 6.96.